The molecular weight excluding hydrogens is 281 g/mol. The average Bonchev–Trinajstić information content (AvgIpc) is 2.86. The molecule has 2 rings (SSSR count). The minimum absolute atomic E-state index is 0.500. The standard InChI is InChI=1S/C11H14BN3O2S2/c1-15(2)10-13-14-11(19-10)18-7-8-3-5-9(6-4-8)12(16)17/h3-6,16-17H,7H2,1-2H3. The van der Waals surface area contributed by atoms with Crippen molar-refractivity contribution in [3.8, 4) is 0 Å². The van der Waals surface area contributed by atoms with Crippen LogP contribution < -0.4 is 10.4 Å². The third kappa shape index (κ3) is 3.94. The monoisotopic (exact) mass is 295 g/mol. The molecule has 0 aliphatic rings. The lowest BCUT2D eigenvalue weighted by Crippen LogP contribution is -2.29. The third-order valence-corrected chi connectivity index (χ3v) is 4.71. The molecule has 1 aromatic heterocycles. The van der Waals surface area contributed by atoms with Crippen LogP contribution >= 0.6 is 23.1 Å². The molecule has 0 saturated carbocycles. The summed E-state index contributed by atoms with van der Waals surface area (Å²) in [6.07, 6.45) is 0. The highest BCUT2D eigenvalue weighted by Crippen LogP contribution is 2.29. The number of hydrogen-bond donors (Lipinski definition) is 2. The molecule has 0 spiro atoms. The van der Waals surface area contributed by atoms with Crippen molar-refractivity contribution in [1.82, 2.24) is 10.2 Å². The summed E-state index contributed by atoms with van der Waals surface area (Å²) in [4.78, 5) is 1.93. The highest BCUT2D eigenvalue weighted by Gasteiger charge is 2.10. The van der Waals surface area contributed by atoms with Crippen molar-refractivity contribution in [2.24, 2.45) is 0 Å². The van der Waals surface area contributed by atoms with Gasteiger partial charge in [-0.15, -0.1) is 10.2 Å². The minimum atomic E-state index is -1.41. The van der Waals surface area contributed by atoms with Gasteiger partial charge in [-0.3, -0.25) is 0 Å². The maximum atomic E-state index is 9.01. The van der Waals surface area contributed by atoms with Crippen molar-refractivity contribution >= 4 is 40.8 Å². The largest absolute Gasteiger partial charge is 0.488 e. The van der Waals surface area contributed by atoms with Crippen LogP contribution in [-0.4, -0.2) is 41.5 Å². The van der Waals surface area contributed by atoms with E-state index in [0.717, 1.165) is 20.8 Å². The summed E-state index contributed by atoms with van der Waals surface area (Å²) >= 11 is 3.17. The lowest BCUT2D eigenvalue weighted by atomic mass is 9.80. The van der Waals surface area contributed by atoms with Crippen molar-refractivity contribution in [2.75, 3.05) is 19.0 Å². The van der Waals surface area contributed by atoms with E-state index >= 15 is 0 Å². The number of hydrogen-bond acceptors (Lipinski definition) is 7. The average molecular weight is 295 g/mol. The van der Waals surface area contributed by atoms with E-state index in [1.165, 1.54) is 0 Å². The summed E-state index contributed by atoms with van der Waals surface area (Å²) < 4.78 is 0.926. The first-order valence-electron chi connectivity index (χ1n) is 5.65. The molecule has 0 fully saturated rings. The van der Waals surface area contributed by atoms with Gasteiger partial charge in [-0.05, 0) is 11.0 Å². The SMILES string of the molecule is CN(C)c1nnc(SCc2ccc(B(O)O)cc2)s1. The molecule has 2 N–H and O–H groups in total. The number of aromatic nitrogens is 2. The zero-order valence-electron chi connectivity index (χ0n) is 10.6. The van der Waals surface area contributed by atoms with E-state index in [1.807, 2.05) is 31.1 Å². The topological polar surface area (TPSA) is 69.5 Å². The number of anilines is 1. The number of thioether (sulfide) groups is 1. The summed E-state index contributed by atoms with van der Waals surface area (Å²) in [5.41, 5.74) is 1.61. The zero-order chi connectivity index (χ0) is 13.8. The molecule has 0 atom stereocenters. The van der Waals surface area contributed by atoms with Gasteiger partial charge in [0, 0.05) is 19.8 Å². The van der Waals surface area contributed by atoms with Gasteiger partial charge in [0.05, 0.1) is 0 Å². The lowest BCUT2D eigenvalue weighted by Gasteiger charge is -2.04. The Morgan fingerprint density at radius 3 is 2.42 bits per heavy atom. The van der Waals surface area contributed by atoms with Gasteiger partial charge in [-0.25, -0.2) is 0 Å². The summed E-state index contributed by atoms with van der Waals surface area (Å²) in [6, 6.07) is 7.20. The Bertz CT molecular complexity index is 531. The summed E-state index contributed by atoms with van der Waals surface area (Å²) in [7, 11) is 2.47. The zero-order valence-corrected chi connectivity index (χ0v) is 12.3. The van der Waals surface area contributed by atoms with Crippen LogP contribution in [0.25, 0.3) is 0 Å². The van der Waals surface area contributed by atoms with Gasteiger partial charge in [0.15, 0.2) is 4.34 Å². The van der Waals surface area contributed by atoms with Crippen LogP contribution in [0, 0.1) is 0 Å². The molecule has 8 heteroatoms. The maximum absolute atomic E-state index is 9.01. The molecule has 0 aliphatic carbocycles. The van der Waals surface area contributed by atoms with Crippen LogP contribution in [0.2, 0.25) is 0 Å². The fraction of sp³-hybridized carbons (Fsp3) is 0.273. The molecule has 0 amide bonds. The van der Waals surface area contributed by atoms with Crippen LogP contribution in [0.5, 0.6) is 0 Å². The Labute approximate surface area is 120 Å². The van der Waals surface area contributed by atoms with Gasteiger partial charge in [0.25, 0.3) is 0 Å². The quantitative estimate of drug-likeness (QED) is 0.621. The highest BCUT2D eigenvalue weighted by atomic mass is 32.2. The fourth-order valence-electron chi connectivity index (χ4n) is 1.37. The van der Waals surface area contributed by atoms with E-state index in [2.05, 4.69) is 10.2 Å². The van der Waals surface area contributed by atoms with Gasteiger partial charge >= 0.3 is 7.12 Å². The number of benzene rings is 1. The Hall–Kier alpha value is -1.09. The predicted molar refractivity (Wildman–Crippen MR) is 80.1 cm³/mol. The Morgan fingerprint density at radius 1 is 1.21 bits per heavy atom. The first-order chi connectivity index (χ1) is 9.06. The predicted octanol–water partition coefficient (Wildman–Crippen LogP) is 0.576. The number of nitrogens with zero attached hydrogens (tertiary/aromatic N) is 3. The van der Waals surface area contributed by atoms with E-state index in [4.69, 9.17) is 10.0 Å². The first-order valence-corrected chi connectivity index (χ1v) is 7.45. The van der Waals surface area contributed by atoms with Crippen molar-refractivity contribution in [1.29, 1.82) is 0 Å². The molecule has 5 nitrogen and oxygen atoms in total. The van der Waals surface area contributed by atoms with Crippen molar-refractivity contribution in [2.45, 2.75) is 10.1 Å². The van der Waals surface area contributed by atoms with Gasteiger partial charge in [-0.2, -0.15) is 0 Å². The van der Waals surface area contributed by atoms with Crippen LogP contribution in [0.3, 0.4) is 0 Å². The molecule has 100 valence electrons. The molecule has 0 unspecified atom stereocenters. The molecule has 0 aliphatic heterocycles. The number of rotatable bonds is 5. The van der Waals surface area contributed by atoms with Crippen LogP contribution in [-0.2, 0) is 5.75 Å². The Balaban J connectivity index is 1.94. The van der Waals surface area contributed by atoms with Gasteiger partial charge in [-0.1, -0.05) is 47.4 Å². The first kappa shape index (κ1) is 14.3. The third-order valence-electron chi connectivity index (χ3n) is 2.42. The molecule has 0 bridgehead atoms. The molecule has 19 heavy (non-hydrogen) atoms. The molecule has 1 heterocycles. The van der Waals surface area contributed by atoms with Gasteiger partial charge in [0.1, 0.15) is 0 Å². The highest BCUT2D eigenvalue weighted by molar-refractivity contribution is 8.00. The van der Waals surface area contributed by atoms with Crippen LogP contribution in [0.15, 0.2) is 28.6 Å². The second-order valence-corrected chi connectivity index (χ2v) is 6.33. The lowest BCUT2D eigenvalue weighted by molar-refractivity contribution is 0.426. The smallest absolute Gasteiger partial charge is 0.423 e. The van der Waals surface area contributed by atoms with Crippen LogP contribution in [0.1, 0.15) is 5.56 Å². The fourth-order valence-corrected chi connectivity index (χ4v) is 3.09. The van der Waals surface area contributed by atoms with Crippen LogP contribution in [0.4, 0.5) is 5.13 Å². The second-order valence-electron chi connectivity index (χ2n) is 4.15. The van der Waals surface area contributed by atoms with E-state index in [1.54, 1.807) is 35.2 Å². The van der Waals surface area contributed by atoms with E-state index in [-0.39, 0.29) is 0 Å². The van der Waals surface area contributed by atoms with E-state index < -0.39 is 7.12 Å². The summed E-state index contributed by atoms with van der Waals surface area (Å²) in [6.45, 7) is 0. The van der Waals surface area contributed by atoms with Crippen molar-refractivity contribution in [3.63, 3.8) is 0 Å². The second kappa shape index (κ2) is 6.38. The summed E-state index contributed by atoms with van der Waals surface area (Å²) in [5, 5.41) is 27.1. The van der Waals surface area contributed by atoms with E-state index in [0.29, 0.717) is 5.46 Å². The van der Waals surface area contributed by atoms with Crippen molar-refractivity contribution in [3.05, 3.63) is 29.8 Å². The molecule has 0 radical (unpaired) electrons. The molecule has 0 saturated heterocycles. The van der Waals surface area contributed by atoms with Gasteiger partial charge in [0.2, 0.25) is 5.13 Å². The molecular formula is C11H14BN3O2S2. The summed E-state index contributed by atoms with van der Waals surface area (Å²) in [5.74, 6) is 0.782. The molecule has 2 aromatic rings. The van der Waals surface area contributed by atoms with Crippen molar-refractivity contribution < 1.29 is 10.0 Å². The Kier molecular flexibility index (Phi) is 4.81. The normalized spacial score (nSPS) is 10.5. The van der Waals surface area contributed by atoms with Gasteiger partial charge < -0.3 is 14.9 Å². The minimum Gasteiger partial charge on any atom is -0.423 e. The Morgan fingerprint density at radius 2 is 1.89 bits per heavy atom. The maximum Gasteiger partial charge on any atom is 0.488 e. The molecule has 1 aromatic carbocycles. The van der Waals surface area contributed by atoms with E-state index in [9.17, 15) is 0 Å².